The van der Waals surface area contributed by atoms with Gasteiger partial charge in [-0.2, -0.15) is 4.31 Å². The van der Waals surface area contributed by atoms with E-state index in [0.717, 1.165) is 5.56 Å². The van der Waals surface area contributed by atoms with Gasteiger partial charge in [0.05, 0.1) is 5.54 Å². The Hall–Kier alpha value is -2.45. The molecule has 1 aliphatic heterocycles. The highest BCUT2D eigenvalue weighted by Gasteiger charge is 2.55. The van der Waals surface area contributed by atoms with Crippen LogP contribution in [0.25, 0.3) is 0 Å². The van der Waals surface area contributed by atoms with E-state index in [-0.39, 0.29) is 12.6 Å². The van der Waals surface area contributed by atoms with Crippen LogP contribution in [-0.4, -0.2) is 40.4 Å². The number of benzene rings is 2. The average molecular weight is 489 g/mol. The van der Waals surface area contributed by atoms with E-state index >= 15 is 4.39 Å². The van der Waals surface area contributed by atoms with Gasteiger partial charge in [-0.15, -0.1) is 0 Å². The minimum Gasteiger partial charge on any atom is -0.465 e. The Balaban J connectivity index is 1.62. The second-order valence-corrected chi connectivity index (χ2v) is 12.6. The summed E-state index contributed by atoms with van der Waals surface area (Å²) in [6.45, 7) is 7.30. The molecule has 1 saturated heterocycles. The number of carboxylic acid groups (broad SMARTS) is 1. The fourth-order valence-electron chi connectivity index (χ4n) is 5.36. The first-order valence-corrected chi connectivity index (χ1v) is 13.3. The number of halogens is 1. The smallest absolute Gasteiger partial charge is 0.408 e. The molecule has 1 heterocycles. The van der Waals surface area contributed by atoms with E-state index in [1.54, 1.807) is 12.1 Å². The first-order valence-electron chi connectivity index (χ1n) is 11.8. The van der Waals surface area contributed by atoms with Crippen molar-refractivity contribution in [1.82, 2.24) is 9.21 Å². The van der Waals surface area contributed by atoms with Gasteiger partial charge in [-0.1, -0.05) is 42.5 Å². The molecule has 1 N–H and O–H groups in total. The van der Waals surface area contributed by atoms with Crippen molar-refractivity contribution in [2.45, 2.75) is 82.3 Å². The van der Waals surface area contributed by atoms with Crippen molar-refractivity contribution in [1.29, 1.82) is 0 Å². The molecule has 184 valence electrons. The number of hydrogen-bond donors (Lipinski definition) is 1. The van der Waals surface area contributed by atoms with E-state index in [1.165, 1.54) is 15.3 Å². The highest BCUT2D eigenvalue weighted by atomic mass is 32.2. The normalized spacial score (nSPS) is 23.9. The molecule has 0 radical (unpaired) electrons. The van der Waals surface area contributed by atoms with E-state index in [4.69, 9.17) is 0 Å². The van der Waals surface area contributed by atoms with Crippen LogP contribution in [0, 0.1) is 5.82 Å². The monoisotopic (exact) mass is 488 g/mol. The summed E-state index contributed by atoms with van der Waals surface area (Å²) in [7, 11) is -3.67. The highest BCUT2D eigenvalue weighted by molar-refractivity contribution is 7.89. The second kappa shape index (κ2) is 8.64. The van der Waals surface area contributed by atoms with Crippen LogP contribution < -0.4 is 0 Å². The summed E-state index contributed by atoms with van der Waals surface area (Å²) in [4.78, 5) is 13.4. The third-order valence-corrected chi connectivity index (χ3v) is 9.50. The summed E-state index contributed by atoms with van der Waals surface area (Å²) in [5.41, 5.74) is 0.277. The largest absolute Gasteiger partial charge is 0.465 e. The number of rotatable bonds is 5. The Bertz CT molecular complexity index is 1170. The number of hydrogen-bond acceptors (Lipinski definition) is 3. The lowest BCUT2D eigenvalue weighted by Crippen LogP contribution is -2.51. The molecule has 8 heteroatoms. The van der Waals surface area contributed by atoms with Crippen LogP contribution >= 0.6 is 0 Å². The average Bonchev–Trinajstić information content (AvgIpc) is 3.52. The van der Waals surface area contributed by atoms with E-state index in [0.29, 0.717) is 36.8 Å². The fourth-order valence-corrected chi connectivity index (χ4v) is 7.54. The third kappa shape index (κ3) is 4.33. The van der Waals surface area contributed by atoms with Gasteiger partial charge in [0.2, 0.25) is 10.0 Å². The van der Waals surface area contributed by atoms with Crippen LogP contribution in [0.3, 0.4) is 0 Å². The lowest BCUT2D eigenvalue weighted by atomic mass is 9.95. The highest BCUT2D eigenvalue weighted by Crippen LogP contribution is 2.54. The first-order chi connectivity index (χ1) is 15.9. The third-order valence-electron chi connectivity index (χ3n) is 7.13. The second-order valence-electron chi connectivity index (χ2n) is 10.5. The molecular formula is C26H33FN2O4S. The molecule has 0 aromatic heterocycles. The Morgan fingerprint density at radius 1 is 1.15 bits per heavy atom. The molecule has 1 aliphatic carbocycles. The molecule has 2 aromatic rings. The van der Waals surface area contributed by atoms with Crippen molar-refractivity contribution < 1.29 is 22.7 Å². The van der Waals surface area contributed by atoms with Crippen LogP contribution in [0.5, 0.6) is 0 Å². The molecular weight excluding hydrogens is 455 g/mol. The lowest BCUT2D eigenvalue weighted by molar-refractivity contribution is 0.0593. The molecule has 0 bridgehead atoms. The molecule has 4 rings (SSSR count). The summed E-state index contributed by atoms with van der Waals surface area (Å²) >= 11 is 0. The maximum atomic E-state index is 15.3. The van der Waals surface area contributed by atoms with Gasteiger partial charge in [0.1, 0.15) is 11.1 Å². The summed E-state index contributed by atoms with van der Waals surface area (Å²) < 4.78 is 43.7. The standard InChI is InChI=1S/C26H33FN2O4S/c1-18-10-13-23(19-8-6-5-7-9-19)34(32,33)28(18)17-20-11-12-21(16-22(20)27)26(14-15-26)29(24(30)31)25(2,3)4/h5-9,11-12,16,18,23H,10,13-15,17H2,1-4H3,(H,30,31)/t18-,23+/m0/s1. The molecule has 34 heavy (non-hydrogen) atoms. The van der Waals surface area contributed by atoms with Crippen molar-refractivity contribution in [3.8, 4) is 0 Å². The topological polar surface area (TPSA) is 77.9 Å². The van der Waals surface area contributed by atoms with Gasteiger partial charge in [-0.3, -0.25) is 4.90 Å². The van der Waals surface area contributed by atoms with Gasteiger partial charge in [0.15, 0.2) is 0 Å². The molecule has 2 aliphatic rings. The summed E-state index contributed by atoms with van der Waals surface area (Å²) in [6, 6.07) is 13.7. The SMILES string of the molecule is C[C@H]1CC[C@H](c2ccccc2)S(=O)(=O)N1Cc1ccc(C2(N(C(=O)O)C(C)(C)C)CC2)cc1F. The molecule has 0 spiro atoms. The van der Waals surface area contributed by atoms with Crippen LogP contribution in [0.4, 0.5) is 9.18 Å². The summed E-state index contributed by atoms with van der Waals surface area (Å²) in [6.07, 6.45) is 1.46. The zero-order chi connectivity index (χ0) is 24.9. The minimum absolute atomic E-state index is 0.0478. The van der Waals surface area contributed by atoms with Crippen LogP contribution in [0.2, 0.25) is 0 Å². The molecule has 1 amide bonds. The predicted octanol–water partition coefficient (Wildman–Crippen LogP) is 5.65. The number of nitrogens with zero attached hydrogens (tertiary/aromatic N) is 2. The van der Waals surface area contributed by atoms with Gasteiger partial charge >= 0.3 is 6.09 Å². The Kier molecular flexibility index (Phi) is 6.27. The van der Waals surface area contributed by atoms with Crippen LogP contribution in [-0.2, 0) is 22.1 Å². The molecule has 2 aromatic carbocycles. The zero-order valence-electron chi connectivity index (χ0n) is 20.2. The van der Waals surface area contributed by atoms with Gasteiger partial charge in [-0.05, 0) is 70.6 Å². The minimum atomic E-state index is -3.67. The molecule has 2 fully saturated rings. The quantitative estimate of drug-likeness (QED) is 0.590. The predicted molar refractivity (Wildman–Crippen MR) is 129 cm³/mol. The van der Waals surface area contributed by atoms with Gasteiger partial charge in [-0.25, -0.2) is 17.6 Å². The number of carbonyl (C=O) groups is 1. The van der Waals surface area contributed by atoms with Crippen molar-refractivity contribution in [2.24, 2.45) is 0 Å². The molecule has 0 unspecified atom stereocenters. The maximum Gasteiger partial charge on any atom is 0.408 e. The Labute approximate surface area is 201 Å². The van der Waals surface area contributed by atoms with E-state index in [1.807, 2.05) is 58.0 Å². The molecule has 1 saturated carbocycles. The van der Waals surface area contributed by atoms with Crippen molar-refractivity contribution in [3.05, 3.63) is 71.0 Å². The summed E-state index contributed by atoms with van der Waals surface area (Å²) in [5.74, 6) is -0.507. The van der Waals surface area contributed by atoms with Gasteiger partial charge in [0.25, 0.3) is 0 Å². The van der Waals surface area contributed by atoms with Crippen LogP contribution in [0.1, 0.15) is 75.3 Å². The van der Waals surface area contributed by atoms with Crippen molar-refractivity contribution >= 4 is 16.1 Å². The molecule has 6 nitrogen and oxygen atoms in total. The molecule has 2 atom stereocenters. The Morgan fingerprint density at radius 3 is 2.32 bits per heavy atom. The maximum absolute atomic E-state index is 15.3. The van der Waals surface area contributed by atoms with Crippen molar-refractivity contribution in [3.63, 3.8) is 0 Å². The van der Waals surface area contributed by atoms with Gasteiger partial charge in [0, 0.05) is 23.7 Å². The number of amides is 1. The van der Waals surface area contributed by atoms with Crippen LogP contribution in [0.15, 0.2) is 48.5 Å². The zero-order valence-corrected chi connectivity index (χ0v) is 21.0. The summed E-state index contributed by atoms with van der Waals surface area (Å²) in [5, 5.41) is 9.21. The van der Waals surface area contributed by atoms with E-state index < -0.39 is 38.3 Å². The first kappa shape index (κ1) is 24.7. The lowest BCUT2D eigenvalue weighted by Gasteiger charge is -2.40. The Morgan fingerprint density at radius 2 is 1.79 bits per heavy atom. The van der Waals surface area contributed by atoms with E-state index in [9.17, 15) is 18.3 Å². The number of sulfonamides is 1. The fraction of sp³-hybridized carbons (Fsp3) is 0.500. The van der Waals surface area contributed by atoms with Crippen molar-refractivity contribution in [2.75, 3.05) is 0 Å². The van der Waals surface area contributed by atoms with E-state index in [2.05, 4.69) is 0 Å². The van der Waals surface area contributed by atoms with Gasteiger partial charge < -0.3 is 5.11 Å².